The molecule has 1 fully saturated rings. The summed E-state index contributed by atoms with van der Waals surface area (Å²) in [5.74, 6) is 2.46. The largest absolute Gasteiger partial charge is 0.508 e. The number of aromatic amines is 1. The Labute approximate surface area is 118 Å². The van der Waals surface area contributed by atoms with Crippen molar-refractivity contribution in [3.63, 3.8) is 0 Å². The average Bonchev–Trinajstić information content (AvgIpc) is 3.11. The topological polar surface area (TPSA) is 87.8 Å². The van der Waals surface area contributed by atoms with E-state index in [2.05, 4.69) is 15.2 Å². The molecule has 1 saturated carbocycles. The number of rotatable bonds is 4. The summed E-state index contributed by atoms with van der Waals surface area (Å²) in [4.78, 5) is 4.56. The van der Waals surface area contributed by atoms with Crippen LogP contribution in [-0.2, 0) is 6.42 Å². The Balaban J connectivity index is 1.67. The van der Waals surface area contributed by atoms with Crippen LogP contribution < -0.4 is 5.73 Å². The lowest BCUT2D eigenvalue weighted by molar-refractivity contribution is 0.475. The summed E-state index contributed by atoms with van der Waals surface area (Å²) < 4.78 is 0. The number of nitrogens with zero attached hydrogens (tertiary/aromatic N) is 2. The molecule has 0 unspecified atom stereocenters. The van der Waals surface area contributed by atoms with Crippen LogP contribution >= 0.6 is 0 Å². The van der Waals surface area contributed by atoms with Crippen molar-refractivity contribution in [3.05, 3.63) is 41.5 Å². The van der Waals surface area contributed by atoms with Gasteiger partial charge in [0.15, 0.2) is 5.82 Å². The quantitative estimate of drug-likeness (QED) is 0.797. The van der Waals surface area contributed by atoms with Gasteiger partial charge in [-0.05, 0) is 37.0 Å². The molecule has 1 atom stereocenters. The molecule has 0 radical (unpaired) electrons. The van der Waals surface area contributed by atoms with E-state index in [1.807, 2.05) is 12.1 Å². The van der Waals surface area contributed by atoms with E-state index in [1.165, 1.54) is 25.7 Å². The van der Waals surface area contributed by atoms with Crippen molar-refractivity contribution in [3.8, 4) is 5.75 Å². The van der Waals surface area contributed by atoms with Crippen LogP contribution in [0.5, 0.6) is 5.75 Å². The SMILES string of the molecule is N[C@@H](Cc1ccc(O)cc1)c1n[nH]c(C2CCCC2)n1. The number of aromatic nitrogens is 3. The molecule has 20 heavy (non-hydrogen) atoms. The van der Waals surface area contributed by atoms with Gasteiger partial charge in [0.2, 0.25) is 0 Å². The van der Waals surface area contributed by atoms with E-state index in [4.69, 9.17) is 5.73 Å². The van der Waals surface area contributed by atoms with Crippen LogP contribution in [0.4, 0.5) is 0 Å². The molecule has 3 rings (SSSR count). The number of phenolic OH excluding ortho intramolecular Hbond substituents is 1. The minimum atomic E-state index is -0.217. The molecule has 0 bridgehead atoms. The van der Waals surface area contributed by atoms with Crippen LogP contribution in [0.15, 0.2) is 24.3 Å². The number of hydrogen-bond donors (Lipinski definition) is 3. The molecule has 0 aliphatic heterocycles. The molecule has 2 aromatic rings. The molecule has 1 aliphatic rings. The first-order valence-corrected chi connectivity index (χ1v) is 7.18. The van der Waals surface area contributed by atoms with Gasteiger partial charge in [-0.15, -0.1) is 0 Å². The minimum Gasteiger partial charge on any atom is -0.508 e. The first-order chi connectivity index (χ1) is 9.72. The van der Waals surface area contributed by atoms with E-state index < -0.39 is 0 Å². The van der Waals surface area contributed by atoms with Crippen LogP contribution in [0, 0.1) is 0 Å². The Hall–Kier alpha value is -1.88. The third-order valence-corrected chi connectivity index (χ3v) is 3.99. The minimum absolute atomic E-state index is 0.217. The molecule has 106 valence electrons. The second-order valence-electron chi connectivity index (χ2n) is 5.54. The summed E-state index contributed by atoms with van der Waals surface area (Å²) in [6.07, 6.45) is 5.62. The van der Waals surface area contributed by atoms with E-state index in [9.17, 15) is 5.11 Å². The Morgan fingerprint density at radius 2 is 1.95 bits per heavy atom. The van der Waals surface area contributed by atoms with Crippen molar-refractivity contribution in [1.82, 2.24) is 15.2 Å². The highest BCUT2D eigenvalue weighted by Gasteiger charge is 2.22. The smallest absolute Gasteiger partial charge is 0.167 e. The van der Waals surface area contributed by atoms with Gasteiger partial charge in [-0.2, -0.15) is 5.10 Å². The Morgan fingerprint density at radius 1 is 1.25 bits per heavy atom. The third-order valence-electron chi connectivity index (χ3n) is 3.99. The zero-order valence-electron chi connectivity index (χ0n) is 11.4. The van der Waals surface area contributed by atoms with Gasteiger partial charge in [0.05, 0.1) is 6.04 Å². The van der Waals surface area contributed by atoms with Gasteiger partial charge in [0.1, 0.15) is 11.6 Å². The molecule has 1 aromatic heterocycles. The number of nitrogens with two attached hydrogens (primary N) is 1. The molecule has 1 heterocycles. The normalized spacial score (nSPS) is 17.4. The summed E-state index contributed by atoms with van der Waals surface area (Å²) in [5, 5.41) is 16.6. The van der Waals surface area contributed by atoms with Gasteiger partial charge in [0, 0.05) is 5.92 Å². The number of hydrogen-bond acceptors (Lipinski definition) is 4. The molecule has 0 amide bonds. The van der Waals surface area contributed by atoms with Crippen LogP contribution in [-0.4, -0.2) is 20.3 Å². The van der Waals surface area contributed by atoms with Crippen molar-refractivity contribution >= 4 is 0 Å². The fourth-order valence-electron chi connectivity index (χ4n) is 2.81. The van der Waals surface area contributed by atoms with Gasteiger partial charge in [0.25, 0.3) is 0 Å². The second-order valence-corrected chi connectivity index (χ2v) is 5.54. The number of aromatic hydroxyl groups is 1. The van der Waals surface area contributed by atoms with Crippen molar-refractivity contribution in [1.29, 1.82) is 0 Å². The third kappa shape index (κ3) is 2.82. The molecule has 5 nitrogen and oxygen atoms in total. The van der Waals surface area contributed by atoms with Crippen LogP contribution in [0.1, 0.15) is 54.9 Å². The first-order valence-electron chi connectivity index (χ1n) is 7.18. The number of phenols is 1. The highest BCUT2D eigenvalue weighted by molar-refractivity contribution is 5.26. The maximum atomic E-state index is 9.27. The van der Waals surface area contributed by atoms with E-state index >= 15 is 0 Å². The first kappa shape index (κ1) is 13.1. The maximum absolute atomic E-state index is 9.27. The van der Waals surface area contributed by atoms with Crippen LogP contribution in [0.25, 0.3) is 0 Å². The maximum Gasteiger partial charge on any atom is 0.167 e. The molecule has 1 aromatic carbocycles. The lowest BCUT2D eigenvalue weighted by Crippen LogP contribution is -2.15. The van der Waals surface area contributed by atoms with Crippen LogP contribution in [0.2, 0.25) is 0 Å². The Morgan fingerprint density at radius 3 is 2.65 bits per heavy atom. The van der Waals surface area contributed by atoms with E-state index in [0.29, 0.717) is 18.2 Å². The van der Waals surface area contributed by atoms with E-state index in [-0.39, 0.29) is 11.8 Å². The van der Waals surface area contributed by atoms with Gasteiger partial charge in [-0.3, -0.25) is 5.10 Å². The molecule has 4 N–H and O–H groups in total. The lowest BCUT2D eigenvalue weighted by atomic mass is 10.1. The van der Waals surface area contributed by atoms with Gasteiger partial charge in [-0.1, -0.05) is 25.0 Å². The fraction of sp³-hybridized carbons (Fsp3) is 0.467. The predicted octanol–water partition coefficient (Wildman–Crippen LogP) is 2.41. The zero-order chi connectivity index (χ0) is 13.9. The fourth-order valence-corrected chi connectivity index (χ4v) is 2.81. The summed E-state index contributed by atoms with van der Waals surface area (Å²) in [7, 11) is 0. The average molecular weight is 272 g/mol. The number of nitrogens with one attached hydrogen (secondary N) is 1. The predicted molar refractivity (Wildman–Crippen MR) is 76.3 cm³/mol. The van der Waals surface area contributed by atoms with Gasteiger partial charge >= 0.3 is 0 Å². The zero-order valence-corrected chi connectivity index (χ0v) is 11.4. The van der Waals surface area contributed by atoms with Gasteiger partial charge in [-0.25, -0.2) is 4.98 Å². The van der Waals surface area contributed by atoms with Crippen molar-refractivity contribution in [2.75, 3.05) is 0 Å². The molecular weight excluding hydrogens is 252 g/mol. The summed E-state index contributed by atoms with van der Waals surface area (Å²) in [6, 6.07) is 6.87. The second kappa shape index (κ2) is 5.63. The molecule has 0 saturated heterocycles. The number of H-pyrrole nitrogens is 1. The lowest BCUT2D eigenvalue weighted by Gasteiger charge is -2.08. The highest BCUT2D eigenvalue weighted by Crippen LogP contribution is 2.32. The highest BCUT2D eigenvalue weighted by atomic mass is 16.3. The molecule has 1 aliphatic carbocycles. The Kier molecular flexibility index (Phi) is 3.69. The van der Waals surface area contributed by atoms with Crippen molar-refractivity contribution in [2.24, 2.45) is 5.73 Å². The Bertz CT molecular complexity index is 558. The molecule has 5 heteroatoms. The summed E-state index contributed by atoms with van der Waals surface area (Å²) in [5.41, 5.74) is 7.24. The number of benzene rings is 1. The summed E-state index contributed by atoms with van der Waals surface area (Å²) >= 11 is 0. The molecular formula is C15H20N4O. The van der Waals surface area contributed by atoms with E-state index in [0.717, 1.165) is 11.4 Å². The van der Waals surface area contributed by atoms with Crippen molar-refractivity contribution in [2.45, 2.75) is 44.1 Å². The summed E-state index contributed by atoms with van der Waals surface area (Å²) in [6.45, 7) is 0. The van der Waals surface area contributed by atoms with Crippen molar-refractivity contribution < 1.29 is 5.11 Å². The standard InChI is InChI=1S/C15H20N4O/c16-13(9-10-5-7-12(20)8-6-10)15-17-14(18-19-15)11-3-1-2-4-11/h5-8,11,13,20H,1-4,9,16H2,(H,17,18,19)/t13-/m0/s1. The van der Waals surface area contributed by atoms with Crippen LogP contribution in [0.3, 0.4) is 0 Å². The molecule has 0 spiro atoms. The van der Waals surface area contributed by atoms with Gasteiger partial charge < -0.3 is 10.8 Å². The van der Waals surface area contributed by atoms with E-state index in [1.54, 1.807) is 12.1 Å². The monoisotopic (exact) mass is 272 g/mol.